The molecule has 0 radical (unpaired) electrons. The highest BCUT2D eigenvalue weighted by atomic mass is 31.1. The van der Waals surface area contributed by atoms with Crippen molar-refractivity contribution in [1.82, 2.24) is 4.67 Å². The van der Waals surface area contributed by atoms with Gasteiger partial charge in [-0.2, -0.15) is 0 Å². The topological polar surface area (TPSA) is 24.8 Å². The third-order valence-corrected chi connectivity index (χ3v) is 9.51. The molecule has 0 bridgehead atoms. The van der Waals surface area contributed by atoms with Crippen molar-refractivity contribution in [2.75, 3.05) is 13.2 Å². The summed E-state index contributed by atoms with van der Waals surface area (Å²) in [5.74, 6) is 0.972. The fourth-order valence-electron chi connectivity index (χ4n) is 4.75. The molecule has 0 spiro atoms. The quantitative estimate of drug-likeness (QED) is 0.585. The Morgan fingerprint density at radius 2 is 1.52 bits per heavy atom. The van der Waals surface area contributed by atoms with Crippen molar-refractivity contribution in [2.24, 2.45) is 10.4 Å². The molecular weight excluding hydrogens is 399 g/mol. The van der Waals surface area contributed by atoms with Crippen LogP contribution in [0.4, 0.5) is 0 Å². The van der Waals surface area contributed by atoms with Crippen LogP contribution in [0, 0.1) is 33.1 Å². The molecule has 0 unspecified atom stereocenters. The van der Waals surface area contributed by atoms with Crippen LogP contribution >= 0.6 is 8.07 Å². The second-order valence-corrected chi connectivity index (χ2v) is 12.5. The molecule has 0 amide bonds. The third-order valence-electron chi connectivity index (χ3n) is 6.60. The molecule has 0 aromatic heterocycles. The lowest BCUT2D eigenvalue weighted by atomic mass is 9.88. The van der Waals surface area contributed by atoms with Crippen LogP contribution in [0.2, 0.25) is 0 Å². The van der Waals surface area contributed by atoms with Gasteiger partial charge in [-0.1, -0.05) is 68.3 Å². The maximum absolute atomic E-state index is 6.25. The molecule has 2 heterocycles. The van der Waals surface area contributed by atoms with E-state index in [0.29, 0.717) is 6.61 Å². The Kier molecular flexibility index (Phi) is 6.30. The molecule has 0 saturated carbocycles. The Hall–Kier alpha value is -1.70. The van der Waals surface area contributed by atoms with Gasteiger partial charge in [0, 0.05) is 14.6 Å². The fraction of sp³-hybridized carbons (Fsp3) is 0.519. The van der Waals surface area contributed by atoms with E-state index in [2.05, 4.69) is 89.5 Å². The first-order valence-corrected chi connectivity index (χ1v) is 12.9. The molecule has 4 rings (SSSR count). The number of aliphatic imine (C=N–C) groups is 1. The molecule has 2 aliphatic rings. The molecule has 4 heteroatoms. The average Bonchev–Trinajstić information content (AvgIpc) is 3.34. The first kappa shape index (κ1) is 22.5. The van der Waals surface area contributed by atoms with Crippen molar-refractivity contribution < 1.29 is 4.74 Å². The number of hydrogen-bond acceptors (Lipinski definition) is 3. The minimum Gasteiger partial charge on any atom is -0.478 e. The van der Waals surface area contributed by atoms with Crippen LogP contribution in [0.1, 0.15) is 55.9 Å². The van der Waals surface area contributed by atoms with Crippen LogP contribution in [0.5, 0.6) is 0 Å². The van der Waals surface area contributed by atoms with Crippen LogP contribution in [0.3, 0.4) is 0 Å². The van der Waals surface area contributed by atoms with Gasteiger partial charge < -0.3 is 4.74 Å². The summed E-state index contributed by atoms with van der Waals surface area (Å²) in [7, 11) is -0.644. The Bertz CT molecular complexity index is 940. The molecule has 2 aromatic rings. The zero-order chi connectivity index (χ0) is 22.3. The maximum Gasteiger partial charge on any atom is 0.201 e. The summed E-state index contributed by atoms with van der Waals surface area (Å²) in [6.07, 6.45) is 2.33. The number of rotatable bonds is 4. The van der Waals surface area contributed by atoms with E-state index in [-0.39, 0.29) is 17.5 Å². The van der Waals surface area contributed by atoms with E-state index in [1.165, 1.54) is 39.3 Å². The maximum atomic E-state index is 6.25. The van der Waals surface area contributed by atoms with Gasteiger partial charge in [0.1, 0.15) is 6.61 Å². The summed E-state index contributed by atoms with van der Waals surface area (Å²) >= 11 is 0. The van der Waals surface area contributed by atoms with E-state index < -0.39 is 8.07 Å². The highest BCUT2D eigenvalue weighted by Gasteiger charge is 2.41. The van der Waals surface area contributed by atoms with Gasteiger partial charge in [-0.15, -0.1) is 0 Å². The van der Waals surface area contributed by atoms with Gasteiger partial charge in [-0.05, 0) is 67.7 Å². The Labute approximate surface area is 189 Å². The lowest BCUT2D eigenvalue weighted by molar-refractivity contribution is 0.227. The smallest absolute Gasteiger partial charge is 0.201 e. The van der Waals surface area contributed by atoms with Gasteiger partial charge >= 0.3 is 0 Å². The number of hydrogen-bond donors (Lipinski definition) is 0. The van der Waals surface area contributed by atoms with Crippen LogP contribution < -0.4 is 10.6 Å². The van der Waals surface area contributed by atoms with Crippen molar-refractivity contribution in [3.05, 3.63) is 58.7 Å². The van der Waals surface area contributed by atoms with Gasteiger partial charge in [0.15, 0.2) is 0 Å². The highest BCUT2D eigenvalue weighted by Crippen LogP contribution is 2.46. The predicted molar refractivity (Wildman–Crippen MR) is 134 cm³/mol. The second kappa shape index (κ2) is 8.68. The number of benzene rings is 2. The Balaban J connectivity index is 1.78. The van der Waals surface area contributed by atoms with Gasteiger partial charge in [0.25, 0.3) is 0 Å². The molecular formula is C27H37N2OP. The second-order valence-electron chi connectivity index (χ2n) is 10.4. The monoisotopic (exact) mass is 436 g/mol. The lowest BCUT2D eigenvalue weighted by Crippen LogP contribution is -2.38. The van der Waals surface area contributed by atoms with E-state index in [0.717, 1.165) is 18.9 Å². The molecule has 166 valence electrons. The third kappa shape index (κ3) is 4.59. The van der Waals surface area contributed by atoms with Crippen molar-refractivity contribution in [3.63, 3.8) is 0 Å². The van der Waals surface area contributed by atoms with Crippen molar-refractivity contribution >= 4 is 24.6 Å². The highest BCUT2D eigenvalue weighted by molar-refractivity contribution is 7.71. The van der Waals surface area contributed by atoms with Crippen LogP contribution in [0.15, 0.2) is 41.4 Å². The normalized spacial score (nSPS) is 22.1. The first-order chi connectivity index (χ1) is 14.6. The molecule has 3 nitrogen and oxygen atoms in total. The minimum atomic E-state index is -0.644. The Morgan fingerprint density at radius 3 is 2.00 bits per heavy atom. The fourth-order valence-corrected chi connectivity index (χ4v) is 7.63. The number of aryl methyl sites for hydroxylation is 4. The van der Waals surface area contributed by atoms with E-state index in [1.54, 1.807) is 0 Å². The molecule has 2 atom stereocenters. The molecule has 0 aliphatic carbocycles. The molecule has 2 aromatic carbocycles. The van der Waals surface area contributed by atoms with Crippen molar-refractivity contribution in [3.8, 4) is 0 Å². The van der Waals surface area contributed by atoms with E-state index in [4.69, 9.17) is 9.73 Å². The molecule has 2 aliphatic heterocycles. The average molecular weight is 437 g/mol. The van der Waals surface area contributed by atoms with Crippen LogP contribution in [0.25, 0.3) is 0 Å². The summed E-state index contributed by atoms with van der Waals surface area (Å²) in [5, 5.41) is 2.93. The number of nitrogens with zero attached hydrogens (tertiary/aromatic N) is 2. The predicted octanol–water partition coefficient (Wildman–Crippen LogP) is 5.58. The van der Waals surface area contributed by atoms with Gasteiger partial charge in [-0.3, -0.25) is 4.67 Å². The van der Waals surface area contributed by atoms with Crippen molar-refractivity contribution in [1.29, 1.82) is 0 Å². The number of ether oxygens (including phenoxy) is 1. The summed E-state index contributed by atoms with van der Waals surface area (Å²) < 4.78 is 8.96. The van der Waals surface area contributed by atoms with Gasteiger partial charge in [-0.25, -0.2) is 4.99 Å². The zero-order valence-corrected chi connectivity index (χ0v) is 21.1. The molecule has 0 N–H and O–H groups in total. The van der Waals surface area contributed by atoms with E-state index in [1.807, 2.05) is 0 Å². The standard InChI is InChI=1S/C27H37N2OP/c1-18-10-12-23(20(3)15-18)31(24-13-11-19(2)16-21(24)4)29-14-8-9-22(29)26-28-25(17-30-26)27(5,6)7/h10-13,15-16,22,25H,8-9,14,17H2,1-7H3/t22-,25-/m0/s1. The molecule has 1 saturated heterocycles. The minimum absolute atomic E-state index is 0.136. The summed E-state index contributed by atoms with van der Waals surface area (Å²) in [4.78, 5) is 5.10. The summed E-state index contributed by atoms with van der Waals surface area (Å²) in [6.45, 7) is 17.5. The van der Waals surface area contributed by atoms with Gasteiger partial charge in [0.05, 0.1) is 12.1 Å². The van der Waals surface area contributed by atoms with Crippen molar-refractivity contribution in [2.45, 2.75) is 73.4 Å². The van der Waals surface area contributed by atoms with Gasteiger partial charge in [0.2, 0.25) is 5.90 Å². The van der Waals surface area contributed by atoms with E-state index >= 15 is 0 Å². The van der Waals surface area contributed by atoms with E-state index in [9.17, 15) is 0 Å². The lowest BCUT2D eigenvalue weighted by Gasteiger charge is -2.35. The zero-order valence-electron chi connectivity index (χ0n) is 20.2. The SMILES string of the molecule is Cc1ccc(P(c2ccc(C)cc2C)N2CCC[C@H]2C2=N[C@H](C(C)(C)C)CO2)c(C)c1. The van der Waals surface area contributed by atoms with Crippen LogP contribution in [-0.2, 0) is 4.74 Å². The first-order valence-electron chi connectivity index (χ1n) is 11.6. The Morgan fingerprint density at radius 1 is 0.935 bits per heavy atom. The summed E-state index contributed by atoms with van der Waals surface area (Å²) in [6, 6.07) is 14.5. The van der Waals surface area contributed by atoms with Crippen LogP contribution in [-0.4, -0.2) is 35.8 Å². The molecule has 1 fully saturated rings. The largest absolute Gasteiger partial charge is 0.478 e. The summed E-state index contributed by atoms with van der Waals surface area (Å²) in [5.41, 5.74) is 5.56. The molecule has 31 heavy (non-hydrogen) atoms.